The maximum absolute atomic E-state index is 10.6. The van der Waals surface area contributed by atoms with Gasteiger partial charge in [0.25, 0.3) is 0 Å². The molecule has 0 unspecified atom stereocenters. The molecule has 0 spiro atoms. The summed E-state index contributed by atoms with van der Waals surface area (Å²) >= 11 is 0. The highest BCUT2D eigenvalue weighted by Gasteiger charge is 2.57. The van der Waals surface area contributed by atoms with Crippen molar-refractivity contribution < 1.29 is 10.2 Å². The van der Waals surface area contributed by atoms with Gasteiger partial charge in [-0.1, -0.05) is 41.0 Å². The lowest BCUT2D eigenvalue weighted by Crippen LogP contribution is -2.57. The fourth-order valence-corrected chi connectivity index (χ4v) is 5.54. The Kier molecular flexibility index (Phi) is 4.06. The fourth-order valence-electron chi connectivity index (χ4n) is 5.54. The van der Waals surface area contributed by atoms with Crippen LogP contribution in [0.4, 0.5) is 0 Å². The molecule has 2 aliphatic rings. The van der Waals surface area contributed by atoms with Crippen LogP contribution >= 0.6 is 0 Å². The minimum atomic E-state index is -0.243. The van der Waals surface area contributed by atoms with Gasteiger partial charge in [0, 0.05) is 6.61 Å². The average Bonchev–Trinajstić information content (AvgIpc) is 2.29. The Morgan fingerprint density at radius 2 is 1.79 bits per heavy atom. The van der Waals surface area contributed by atoms with E-state index in [2.05, 4.69) is 34.6 Å². The highest BCUT2D eigenvalue weighted by atomic mass is 16.3. The molecule has 2 saturated carbocycles. The summed E-state index contributed by atoms with van der Waals surface area (Å²) in [5, 5.41) is 20.6. The third kappa shape index (κ3) is 2.35. The van der Waals surface area contributed by atoms with E-state index in [1.165, 1.54) is 19.3 Å². The van der Waals surface area contributed by atoms with Crippen molar-refractivity contribution in [1.29, 1.82) is 0 Å². The second kappa shape index (κ2) is 5.04. The number of hydrogen-bond acceptors (Lipinski definition) is 2. The maximum Gasteiger partial charge on any atom is 0.0577 e. The highest BCUT2D eigenvalue weighted by molar-refractivity contribution is 5.06. The van der Waals surface area contributed by atoms with E-state index < -0.39 is 0 Å². The normalized spacial score (nSPS) is 46.1. The van der Waals surface area contributed by atoms with Gasteiger partial charge in [-0.25, -0.2) is 0 Å². The van der Waals surface area contributed by atoms with Gasteiger partial charge in [0.05, 0.1) is 6.10 Å². The quantitative estimate of drug-likeness (QED) is 0.805. The molecule has 0 aromatic heterocycles. The molecule has 0 aliphatic heterocycles. The number of aliphatic hydroxyl groups is 2. The first-order chi connectivity index (χ1) is 8.74. The molecule has 0 heterocycles. The van der Waals surface area contributed by atoms with Gasteiger partial charge in [-0.05, 0) is 53.8 Å². The summed E-state index contributed by atoms with van der Waals surface area (Å²) in [5.74, 6) is 1.48. The highest BCUT2D eigenvalue weighted by Crippen LogP contribution is 2.61. The zero-order valence-corrected chi connectivity index (χ0v) is 13.3. The lowest BCUT2D eigenvalue weighted by atomic mass is 9.45. The lowest BCUT2D eigenvalue weighted by Gasteiger charge is -2.61. The van der Waals surface area contributed by atoms with Crippen LogP contribution in [0.25, 0.3) is 0 Å². The Labute approximate surface area is 118 Å². The standard InChI is InChI=1S/C17H32O2/c1-11(2)15-12(10-18)17(5)8-6-7-16(3,4)14(17)9-13(15)19/h11-15,18-19H,6-10H2,1-5H3/t12-,13-,14+,15-,17+/m0/s1. The van der Waals surface area contributed by atoms with Crippen molar-refractivity contribution in [1.82, 2.24) is 0 Å². The molecule has 0 aromatic rings. The summed E-state index contributed by atoms with van der Waals surface area (Å²) in [6.07, 6.45) is 4.40. The zero-order chi connectivity index (χ0) is 14.4. The van der Waals surface area contributed by atoms with Crippen LogP contribution in [0, 0.1) is 34.5 Å². The number of fused-ring (bicyclic) bond motifs is 1. The van der Waals surface area contributed by atoms with Crippen molar-refractivity contribution in [3.8, 4) is 0 Å². The molecule has 2 heteroatoms. The van der Waals surface area contributed by atoms with E-state index in [0.29, 0.717) is 17.3 Å². The van der Waals surface area contributed by atoms with Crippen molar-refractivity contribution in [2.45, 2.75) is 66.4 Å². The number of rotatable bonds is 2. The summed E-state index contributed by atoms with van der Waals surface area (Å²) in [4.78, 5) is 0. The van der Waals surface area contributed by atoms with E-state index in [1.54, 1.807) is 0 Å². The molecule has 2 fully saturated rings. The number of hydrogen-bond donors (Lipinski definition) is 2. The summed E-state index contributed by atoms with van der Waals surface area (Å²) in [5.41, 5.74) is 0.494. The molecule has 2 N–H and O–H groups in total. The molecule has 5 atom stereocenters. The lowest BCUT2D eigenvalue weighted by molar-refractivity contribution is -0.164. The molecular formula is C17H32O2. The summed E-state index contributed by atoms with van der Waals surface area (Å²) < 4.78 is 0. The van der Waals surface area contributed by atoms with Crippen LogP contribution in [0.15, 0.2) is 0 Å². The Morgan fingerprint density at radius 3 is 2.32 bits per heavy atom. The number of aliphatic hydroxyl groups excluding tert-OH is 2. The Morgan fingerprint density at radius 1 is 1.16 bits per heavy atom. The van der Waals surface area contributed by atoms with Gasteiger partial charge in [-0.3, -0.25) is 0 Å². The van der Waals surface area contributed by atoms with Crippen LogP contribution in [0.5, 0.6) is 0 Å². The second-order valence-corrected chi connectivity index (χ2v) is 8.31. The third-order valence-corrected chi connectivity index (χ3v) is 6.48. The molecule has 0 radical (unpaired) electrons. The molecule has 0 amide bonds. The van der Waals surface area contributed by atoms with Crippen molar-refractivity contribution in [2.24, 2.45) is 34.5 Å². The van der Waals surface area contributed by atoms with Gasteiger partial charge < -0.3 is 10.2 Å². The van der Waals surface area contributed by atoms with Gasteiger partial charge in [-0.15, -0.1) is 0 Å². The topological polar surface area (TPSA) is 40.5 Å². The molecule has 2 nitrogen and oxygen atoms in total. The smallest absolute Gasteiger partial charge is 0.0577 e. The molecule has 0 aromatic carbocycles. The molecular weight excluding hydrogens is 236 g/mol. The van der Waals surface area contributed by atoms with E-state index in [9.17, 15) is 10.2 Å². The molecule has 2 rings (SSSR count). The van der Waals surface area contributed by atoms with Crippen molar-refractivity contribution in [3.63, 3.8) is 0 Å². The summed E-state index contributed by atoms with van der Waals surface area (Å²) in [6, 6.07) is 0. The first-order valence-corrected chi connectivity index (χ1v) is 8.03. The summed E-state index contributed by atoms with van der Waals surface area (Å²) in [6.45, 7) is 11.7. The zero-order valence-electron chi connectivity index (χ0n) is 13.3. The molecule has 19 heavy (non-hydrogen) atoms. The second-order valence-electron chi connectivity index (χ2n) is 8.31. The maximum atomic E-state index is 10.6. The molecule has 0 saturated heterocycles. The SMILES string of the molecule is CC(C)[C@@H]1[C@@H](O)C[C@@H]2C(C)(C)CCC[C@]2(C)[C@H]1CO. The van der Waals surface area contributed by atoms with E-state index >= 15 is 0 Å². The first-order valence-electron chi connectivity index (χ1n) is 8.03. The van der Waals surface area contributed by atoms with Crippen LogP contribution in [0.2, 0.25) is 0 Å². The predicted molar refractivity (Wildman–Crippen MR) is 78.8 cm³/mol. The van der Waals surface area contributed by atoms with Crippen LogP contribution in [-0.2, 0) is 0 Å². The van der Waals surface area contributed by atoms with Gasteiger partial charge in [0.2, 0.25) is 0 Å². The van der Waals surface area contributed by atoms with Crippen LogP contribution in [0.3, 0.4) is 0 Å². The van der Waals surface area contributed by atoms with Crippen LogP contribution < -0.4 is 0 Å². The van der Waals surface area contributed by atoms with E-state index in [4.69, 9.17) is 0 Å². The van der Waals surface area contributed by atoms with Gasteiger partial charge in [0.1, 0.15) is 0 Å². The predicted octanol–water partition coefficient (Wildman–Crippen LogP) is 3.46. The van der Waals surface area contributed by atoms with Crippen molar-refractivity contribution in [2.75, 3.05) is 6.61 Å². The van der Waals surface area contributed by atoms with E-state index in [1.807, 2.05) is 0 Å². The Hall–Kier alpha value is -0.0800. The minimum Gasteiger partial charge on any atom is -0.396 e. The van der Waals surface area contributed by atoms with Gasteiger partial charge in [0.15, 0.2) is 0 Å². The van der Waals surface area contributed by atoms with E-state index in [-0.39, 0.29) is 30.0 Å². The third-order valence-electron chi connectivity index (χ3n) is 6.48. The van der Waals surface area contributed by atoms with Gasteiger partial charge >= 0.3 is 0 Å². The average molecular weight is 268 g/mol. The Bertz CT molecular complexity index is 323. The van der Waals surface area contributed by atoms with Crippen molar-refractivity contribution in [3.05, 3.63) is 0 Å². The largest absolute Gasteiger partial charge is 0.396 e. The first kappa shape index (κ1) is 15.3. The monoisotopic (exact) mass is 268 g/mol. The Balaban J connectivity index is 2.39. The van der Waals surface area contributed by atoms with Gasteiger partial charge in [-0.2, -0.15) is 0 Å². The van der Waals surface area contributed by atoms with Crippen LogP contribution in [0.1, 0.15) is 60.3 Å². The van der Waals surface area contributed by atoms with Crippen molar-refractivity contribution >= 4 is 0 Å². The minimum absolute atomic E-state index is 0.199. The molecule has 2 aliphatic carbocycles. The molecule has 112 valence electrons. The van der Waals surface area contributed by atoms with E-state index in [0.717, 1.165) is 6.42 Å². The summed E-state index contributed by atoms with van der Waals surface area (Å²) in [7, 11) is 0. The van der Waals surface area contributed by atoms with Crippen LogP contribution in [-0.4, -0.2) is 22.9 Å². The fraction of sp³-hybridized carbons (Fsp3) is 1.00. The molecule has 0 bridgehead atoms.